The van der Waals surface area contributed by atoms with Crippen LogP contribution in [0.5, 0.6) is 0 Å². The number of carbonyl (C=O) groups is 1. The first-order valence-electron chi connectivity index (χ1n) is 6.93. The number of carbonyl (C=O) groups excluding carboxylic acids is 1. The molecule has 17 heavy (non-hydrogen) atoms. The van der Waals surface area contributed by atoms with Crippen LogP contribution in [-0.4, -0.2) is 23.9 Å². The summed E-state index contributed by atoms with van der Waals surface area (Å²) in [6, 6.07) is 2.13. The van der Waals surface area contributed by atoms with Gasteiger partial charge in [-0.3, -0.25) is 4.79 Å². The van der Waals surface area contributed by atoms with Crippen molar-refractivity contribution in [1.29, 1.82) is 5.26 Å². The first-order valence-corrected chi connectivity index (χ1v) is 6.93. The summed E-state index contributed by atoms with van der Waals surface area (Å²) in [6.07, 6.45) is 5.02. The molecule has 3 fully saturated rings. The highest BCUT2D eigenvalue weighted by atomic mass is 16.2. The SMILES string of the molecule is CCCN(CC#N)C(=O)C1C2C3CCC(C3)C12. The van der Waals surface area contributed by atoms with Gasteiger partial charge in [0.05, 0.1) is 6.07 Å². The van der Waals surface area contributed by atoms with Gasteiger partial charge >= 0.3 is 0 Å². The molecule has 0 N–H and O–H groups in total. The molecule has 3 aliphatic carbocycles. The summed E-state index contributed by atoms with van der Waals surface area (Å²) in [5, 5.41) is 8.79. The third-order valence-electron chi connectivity index (χ3n) is 5.09. The van der Waals surface area contributed by atoms with Crippen LogP contribution in [0.4, 0.5) is 0 Å². The normalized spacial score (nSPS) is 40.8. The second-order valence-electron chi connectivity index (χ2n) is 5.93. The minimum absolute atomic E-state index is 0.276. The Bertz CT molecular complexity index is 357. The molecule has 1 amide bonds. The van der Waals surface area contributed by atoms with Crippen molar-refractivity contribution < 1.29 is 4.79 Å². The summed E-state index contributed by atoms with van der Waals surface area (Å²) >= 11 is 0. The number of hydrogen-bond donors (Lipinski definition) is 0. The summed E-state index contributed by atoms with van der Waals surface area (Å²) in [7, 11) is 0. The molecule has 92 valence electrons. The maximum absolute atomic E-state index is 12.4. The van der Waals surface area contributed by atoms with Gasteiger partial charge in [-0.1, -0.05) is 6.92 Å². The Kier molecular flexibility index (Phi) is 2.61. The smallest absolute Gasteiger partial charge is 0.227 e. The van der Waals surface area contributed by atoms with E-state index < -0.39 is 0 Å². The fraction of sp³-hybridized carbons (Fsp3) is 0.857. The topological polar surface area (TPSA) is 44.1 Å². The summed E-state index contributed by atoms with van der Waals surface area (Å²) in [5.41, 5.74) is 0. The van der Waals surface area contributed by atoms with Crippen LogP contribution in [0.1, 0.15) is 32.6 Å². The minimum Gasteiger partial charge on any atom is -0.329 e. The van der Waals surface area contributed by atoms with Crippen LogP contribution in [-0.2, 0) is 4.79 Å². The van der Waals surface area contributed by atoms with E-state index in [1.54, 1.807) is 4.90 Å². The molecule has 0 radical (unpaired) electrons. The van der Waals surface area contributed by atoms with Crippen molar-refractivity contribution >= 4 is 5.91 Å². The first-order chi connectivity index (χ1) is 8.27. The molecule has 0 aliphatic heterocycles. The molecule has 4 unspecified atom stereocenters. The molecule has 0 aromatic heterocycles. The monoisotopic (exact) mass is 232 g/mol. The van der Waals surface area contributed by atoms with Crippen LogP contribution in [0.25, 0.3) is 0 Å². The Morgan fingerprint density at radius 3 is 2.53 bits per heavy atom. The standard InChI is InChI=1S/C14H20N2O/c1-2-6-16(7-5-15)14(17)13-11-9-3-4-10(8-9)12(11)13/h9-13H,2-4,6-8H2,1H3. The van der Waals surface area contributed by atoms with Gasteiger partial charge in [0.1, 0.15) is 6.54 Å². The molecule has 3 heteroatoms. The lowest BCUT2D eigenvalue weighted by molar-refractivity contribution is -0.133. The molecule has 0 aromatic carbocycles. The van der Waals surface area contributed by atoms with Gasteiger partial charge < -0.3 is 4.90 Å². The third kappa shape index (κ3) is 1.57. The second kappa shape index (κ2) is 4.01. The van der Waals surface area contributed by atoms with Crippen LogP contribution in [0.15, 0.2) is 0 Å². The predicted molar refractivity (Wildman–Crippen MR) is 63.8 cm³/mol. The molecule has 0 saturated heterocycles. The Labute approximate surface area is 103 Å². The summed E-state index contributed by atoms with van der Waals surface area (Å²) in [6.45, 7) is 3.09. The number of nitrogens with zero attached hydrogens (tertiary/aromatic N) is 2. The molecule has 3 nitrogen and oxygen atoms in total. The molecule has 0 heterocycles. The lowest BCUT2D eigenvalue weighted by Crippen LogP contribution is -2.34. The summed E-state index contributed by atoms with van der Waals surface area (Å²) in [5.74, 6) is 3.63. The van der Waals surface area contributed by atoms with E-state index in [0.29, 0.717) is 17.8 Å². The third-order valence-corrected chi connectivity index (χ3v) is 5.09. The van der Waals surface area contributed by atoms with Crippen molar-refractivity contribution in [2.24, 2.45) is 29.6 Å². The Morgan fingerprint density at radius 2 is 2.00 bits per heavy atom. The second-order valence-corrected chi connectivity index (χ2v) is 5.93. The predicted octanol–water partition coefficient (Wildman–Crippen LogP) is 2.04. The summed E-state index contributed by atoms with van der Waals surface area (Å²) < 4.78 is 0. The molecule has 3 aliphatic rings. The molecule has 4 atom stereocenters. The van der Waals surface area contributed by atoms with Gasteiger partial charge in [-0.05, 0) is 49.4 Å². The summed E-state index contributed by atoms with van der Waals surface area (Å²) in [4.78, 5) is 14.2. The number of amides is 1. The van der Waals surface area contributed by atoms with Crippen LogP contribution < -0.4 is 0 Å². The van der Waals surface area contributed by atoms with E-state index in [9.17, 15) is 4.79 Å². The van der Waals surface area contributed by atoms with E-state index >= 15 is 0 Å². The van der Waals surface area contributed by atoms with E-state index in [-0.39, 0.29) is 12.5 Å². The molecular formula is C14H20N2O. The van der Waals surface area contributed by atoms with Gasteiger partial charge in [0.2, 0.25) is 5.91 Å². The Morgan fingerprint density at radius 1 is 1.35 bits per heavy atom. The zero-order valence-corrected chi connectivity index (χ0v) is 10.4. The van der Waals surface area contributed by atoms with Crippen molar-refractivity contribution in [2.75, 3.05) is 13.1 Å². The van der Waals surface area contributed by atoms with Gasteiger partial charge in [0, 0.05) is 12.5 Å². The lowest BCUT2D eigenvalue weighted by Gasteiger charge is -2.20. The average Bonchev–Trinajstić information content (AvgIpc) is 2.76. The fourth-order valence-electron chi connectivity index (χ4n) is 4.49. The van der Waals surface area contributed by atoms with E-state index in [0.717, 1.165) is 24.8 Å². The zero-order chi connectivity index (χ0) is 12.0. The van der Waals surface area contributed by atoms with Crippen molar-refractivity contribution in [1.82, 2.24) is 4.90 Å². The molecule has 0 spiro atoms. The van der Waals surface area contributed by atoms with Crippen LogP contribution in [0.3, 0.4) is 0 Å². The quantitative estimate of drug-likeness (QED) is 0.696. The highest BCUT2D eigenvalue weighted by Crippen LogP contribution is 2.69. The number of fused-ring (bicyclic) bond motifs is 5. The number of nitriles is 1. The van der Waals surface area contributed by atoms with Crippen molar-refractivity contribution in [3.63, 3.8) is 0 Å². The van der Waals surface area contributed by atoms with Crippen molar-refractivity contribution in [3.8, 4) is 6.07 Å². The average molecular weight is 232 g/mol. The molecule has 2 bridgehead atoms. The largest absolute Gasteiger partial charge is 0.329 e. The van der Waals surface area contributed by atoms with Crippen LogP contribution in [0.2, 0.25) is 0 Å². The maximum atomic E-state index is 12.4. The van der Waals surface area contributed by atoms with E-state index in [4.69, 9.17) is 5.26 Å². The van der Waals surface area contributed by atoms with E-state index in [1.165, 1.54) is 19.3 Å². The van der Waals surface area contributed by atoms with E-state index in [1.807, 2.05) is 0 Å². The van der Waals surface area contributed by atoms with Crippen molar-refractivity contribution in [3.05, 3.63) is 0 Å². The highest BCUT2D eigenvalue weighted by Gasteiger charge is 2.67. The highest BCUT2D eigenvalue weighted by molar-refractivity contribution is 5.83. The molecular weight excluding hydrogens is 212 g/mol. The Balaban J connectivity index is 1.66. The van der Waals surface area contributed by atoms with Gasteiger partial charge in [-0.2, -0.15) is 5.26 Å². The van der Waals surface area contributed by atoms with Crippen molar-refractivity contribution in [2.45, 2.75) is 32.6 Å². The molecule has 3 saturated carbocycles. The van der Waals surface area contributed by atoms with Gasteiger partial charge in [0.25, 0.3) is 0 Å². The van der Waals surface area contributed by atoms with Crippen LogP contribution >= 0.6 is 0 Å². The number of rotatable bonds is 4. The maximum Gasteiger partial charge on any atom is 0.227 e. The number of hydrogen-bond acceptors (Lipinski definition) is 2. The fourth-order valence-corrected chi connectivity index (χ4v) is 4.49. The van der Waals surface area contributed by atoms with E-state index in [2.05, 4.69) is 13.0 Å². The van der Waals surface area contributed by atoms with Gasteiger partial charge in [-0.25, -0.2) is 0 Å². The Hall–Kier alpha value is -1.04. The zero-order valence-electron chi connectivity index (χ0n) is 10.4. The van der Waals surface area contributed by atoms with Gasteiger partial charge in [0.15, 0.2) is 0 Å². The lowest BCUT2D eigenvalue weighted by atomic mass is 10.0. The first kappa shape index (κ1) is 11.1. The minimum atomic E-state index is 0.276. The van der Waals surface area contributed by atoms with Crippen LogP contribution in [0, 0.1) is 40.9 Å². The molecule has 0 aromatic rings. The molecule has 3 rings (SSSR count). The van der Waals surface area contributed by atoms with Gasteiger partial charge in [-0.15, -0.1) is 0 Å².